The van der Waals surface area contributed by atoms with E-state index < -0.39 is 10.1 Å². The Morgan fingerprint density at radius 3 is 2.14 bits per heavy atom. The average molecular weight is 312 g/mol. The molecule has 0 fully saturated rings. The normalized spacial score (nSPS) is 14.9. The second-order valence-corrected chi connectivity index (χ2v) is 7.67. The van der Waals surface area contributed by atoms with Crippen LogP contribution in [0.25, 0.3) is 0 Å². The molecule has 2 unspecified atom stereocenters. The summed E-state index contributed by atoms with van der Waals surface area (Å²) in [6.07, 6.45) is 7.13. The van der Waals surface area contributed by atoms with Gasteiger partial charge >= 0.3 is 0 Å². The fraction of sp³-hybridized carbons (Fsp3) is 0.647. The maximum Gasteiger partial charge on any atom is 0.294 e. The van der Waals surface area contributed by atoms with Crippen LogP contribution in [-0.4, -0.2) is 13.0 Å². The number of hydrogen-bond donors (Lipinski definition) is 1. The summed E-state index contributed by atoms with van der Waals surface area (Å²) < 4.78 is 30.8. The molecule has 4 heteroatoms. The first kappa shape index (κ1) is 18.2. The van der Waals surface area contributed by atoms with Crippen LogP contribution in [0, 0.1) is 11.8 Å². The lowest BCUT2D eigenvalue weighted by molar-refractivity contribution is 0.369. The third-order valence-electron chi connectivity index (χ3n) is 3.97. The Hall–Kier alpha value is -0.870. The largest absolute Gasteiger partial charge is 0.294 e. The summed E-state index contributed by atoms with van der Waals surface area (Å²) in [6, 6.07) is 6.51. The molecule has 1 aromatic carbocycles. The quantitative estimate of drug-likeness (QED) is 0.671. The minimum absolute atomic E-state index is 0.0343. The van der Waals surface area contributed by atoms with E-state index in [0.29, 0.717) is 0 Å². The molecule has 0 aliphatic rings. The van der Waals surface area contributed by atoms with E-state index >= 15 is 0 Å². The highest BCUT2D eigenvalue weighted by molar-refractivity contribution is 7.85. The van der Waals surface area contributed by atoms with Crippen molar-refractivity contribution in [1.82, 2.24) is 0 Å². The molecule has 21 heavy (non-hydrogen) atoms. The zero-order chi connectivity index (χ0) is 15.9. The van der Waals surface area contributed by atoms with Crippen LogP contribution in [0.4, 0.5) is 0 Å². The summed E-state index contributed by atoms with van der Waals surface area (Å²) in [4.78, 5) is -0.0343. The number of rotatable bonds is 9. The summed E-state index contributed by atoms with van der Waals surface area (Å²) in [5.74, 6) is 1.54. The van der Waals surface area contributed by atoms with Crippen LogP contribution in [0.2, 0.25) is 0 Å². The van der Waals surface area contributed by atoms with Crippen molar-refractivity contribution in [1.29, 1.82) is 0 Å². The molecule has 0 heterocycles. The predicted molar refractivity (Wildman–Crippen MR) is 87.0 cm³/mol. The minimum Gasteiger partial charge on any atom is -0.282 e. The van der Waals surface area contributed by atoms with Gasteiger partial charge in [-0.15, -0.1) is 0 Å². The van der Waals surface area contributed by atoms with Crippen molar-refractivity contribution in [2.45, 2.75) is 64.2 Å². The van der Waals surface area contributed by atoms with Gasteiger partial charge in [-0.25, -0.2) is 0 Å². The Balaban J connectivity index is 2.36. The first-order valence-corrected chi connectivity index (χ1v) is 9.33. The molecule has 0 bridgehead atoms. The van der Waals surface area contributed by atoms with Gasteiger partial charge in [0, 0.05) is 0 Å². The van der Waals surface area contributed by atoms with Crippen LogP contribution in [-0.2, 0) is 16.5 Å². The zero-order valence-corrected chi connectivity index (χ0v) is 14.2. The van der Waals surface area contributed by atoms with Crippen molar-refractivity contribution < 1.29 is 13.0 Å². The van der Waals surface area contributed by atoms with Gasteiger partial charge in [0.15, 0.2) is 0 Å². The minimum atomic E-state index is -4.07. The van der Waals surface area contributed by atoms with Crippen LogP contribution in [0.5, 0.6) is 0 Å². The number of hydrogen-bond acceptors (Lipinski definition) is 2. The first-order chi connectivity index (χ1) is 9.82. The first-order valence-electron chi connectivity index (χ1n) is 7.89. The van der Waals surface area contributed by atoms with Crippen LogP contribution in [0.3, 0.4) is 0 Å². The molecule has 0 radical (unpaired) electrons. The van der Waals surface area contributed by atoms with E-state index in [4.69, 9.17) is 4.55 Å². The van der Waals surface area contributed by atoms with Gasteiger partial charge in [-0.3, -0.25) is 4.55 Å². The van der Waals surface area contributed by atoms with Gasteiger partial charge in [0.25, 0.3) is 10.1 Å². The number of benzene rings is 1. The highest BCUT2D eigenvalue weighted by Crippen LogP contribution is 2.21. The topological polar surface area (TPSA) is 54.4 Å². The Kier molecular flexibility index (Phi) is 7.40. The fourth-order valence-corrected chi connectivity index (χ4v) is 3.38. The third-order valence-corrected chi connectivity index (χ3v) is 4.84. The fourth-order valence-electron chi connectivity index (χ4n) is 2.90. The van der Waals surface area contributed by atoms with Crippen LogP contribution < -0.4 is 0 Å². The Morgan fingerprint density at radius 1 is 1.05 bits per heavy atom. The SMILES string of the molecule is CCCC(C)CC(C)CCCc1ccc(S(=O)(=O)O)cc1. The molecule has 0 spiro atoms. The van der Waals surface area contributed by atoms with E-state index in [2.05, 4.69) is 20.8 Å². The van der Waals surface area contributed by atoms with Crippen molar-refractivity contribution in [2.24, 2.45) is 11.8 Å². The molecule has 1 N–H and O–H groups in total. The van der Waals surface area contributed by atoms with Crippen LogP contribution in [0.15, 0.2) is 29.2 Å². The summed E-state index contributed by atoms with van der Waals surface area (Å²) in [7, 11) is -4.07. The lowest BCUT2D eigenvalue weighted by Gasteiger charge is -2.16. The number of aryl methyl sites for hydroxylation is 1. The third kappa shape index (κ3) is 7.09. The Bertz CT molecular complexity index is 505. The predicted octanol–water partition coefficient (Wildman–Crippen LogP) is 4.72. The zero-order valence-electron chi connectivity index (χ0n) is 13.4. The summed E-state index contributed by atoms with van der Waals surface area (Å²) >= 11 is 0. The van der Waals surface area contributed by atoms with Crippen molar-refractivity contribution in [3.05, 3.63) is 29.8 Å². The molecular formula is C17H28O3S. The monoisotopic (exact) mass is 312 g/mol. The molecular weight excluding hydrogens is 284 g/mol. The lowest BCUT2D eigenvalue weighted by atomic mass is 9.90. The van der Waals surface area contributed by atoms with Crippen LogP contribution in [0.1, 0.15) is 58.4 Å². The molecule has 0 saturated heterocycles. The van der Waals surface area contributed by atoms with Gasteiger partial charge in [-0.2, -0.15) is 8.42 Å². The summed E-state index contributed by atoms with van der Waals surface area (Å²) in [5, 5.41) is 0. The van der Waals surface area contributed by atoms with Gasteiger partial charge in [-0.1, -0.05) is 52.2 Å². The molecule has 0 aliphatic carbocycles. The van der Waals surface area contributed by atoms with E-state index in [0.717, 1.165) is 30.2 Å². The molecule has 1 aromatic rings. The molecule has 0 aliphatic heterocycles. The van der Waals surface area contributed by atoms with Gasteiger partial charge in [0.2, 0.25) is 0 Å². The van der Waals surface area contributed by atoms with Gasteiger partial charge in [0.1, 0.15) is 0 Å². The molecule has 3 nitrogen and oxygen atoms in total. The van der Waals surface area contributed by atoms with Crippen LogP contribution >= 0.6 is 0 Å². The second-order valence-electron chi connectivity index (χ2n) is 6.25. The molecule has 2 atom stereocenters. The van der Waals surface area contributed by atoms with Gasteiger partial charge in [0.05, 0.1) is 4.90 Å². The van der Waals surface area contributed by atoms with E-state index in [-0.39, 0.29) is 4.90 Å². The molecule has 1 rings (SSSR count). The smallest absolute Gasteiger partial charge is 0.282 e. The van der Waals surface area contributed by atoms with Gasteiger partial charge in [-0.05, 0) is 48.8 Å². The van der Waals surface area contributed by atoms with Crippen molar-refractivity contribution >= 4 is 10.1 Å². The highest BCUT2D eigenvalue weighted by Gasteiger charge is 2.10. The highest BCUT2D eigenvalue weighted by atomic mass is 32.2. The maximum absolute atomic E-state index is 11.0. The van der Waals surface area contributed by atoms with E-state index in [1.165, 1.54) is 37.8 Å². The Morgan fingerprint density at radius 2 is 1.62 bits per heavy atom. The summed E-state index contributed by atoms with van der Waals surface area (Å²) in [5.41, 5.74) is 1.12. The standard InChI is InChI=1S/C17H28O3S/c1-4-6-14(2)13-15(3)7-5-8-16-9-11-17(12-10-16)21(18,19)20/h9-12,14-15H,4-8,13H2,1-3H3,(H,18,19,20). The molecule has 0 amide bonds. The van der Waals surface area contributed by atoms with Crippen molar-refractivity contribution in [3.63, 3.8) is 0 Å². The lowest BCUT2D eigenvalue weighted by Crippen LogP contribution is -2.04. The van der Waals surface area contributed by atoms with Crippen molar-refractivity contribution in [3.8, 4) is 0 Å². The Labute approximate surface area is 129 Å². The van der Waals surface area contributed by atoms with Gasteiger partial charge < -0.3 is 0 Å². The van der Waals surface area contributed by atoms with Crippen molar-refractivity contribution in [2.75, 3.05) is 0 Å². The molecule has 0 aromatic heterocycles. The van der Waals surface area contributed by atoms with E-state index in [9.17, 15) is 8.42 Å². The summed E-state index contributed by atoms with van der Waals surface area (Å²) in [6.45, 7) is 6.87. The van der Waals surface area contributed by atoms with E-state index in [1.54, 1.807) is 12.1 Å². The average Bonchev–Trinajstić information content (AvgIpc) is 2.38. The second kappa shape index (κ2) is 8.54. The molecule has 0 saturated carbocycles. The molecule has 120 valence electrons. The maximum atomic E-state index is 11.0. The van der Waals surface area contributed by atoms with E-state index in [1.807, 2.05) is 0 Å².